The molecule has 0 saturated carbocycles. The molecule has 0 heterocycles. The Hall–Kier alpha value is 2.59. The molecule has 0 atom stereocenters. The molecule has 0 nitrogen and oxygen atoms in total. The standard InChI is InChI=1S/3C16H10B2.C12H8B2.8Y/c1-3-5-11-7-13(17)10-16-12(6-4-2)8-14(18)9-15(11)16;1-3-5-11-7-13-10-16(18)12(6-4-2)8-14(13)9-15(11)17;1-3-5-11-7-13-14(15(17)9-11)8-12(6-4-2)10-16(13)18;1-3-5-9-7-12(14)10(6-4-2)8-11(9)13;;;;;;;;/h2*5-6,9-10H,1-2H3;5-8H,1-2H3;5-6H,1-2H3;;;;;;;;/q4*-4;;;;;;;;. The van der Waals surface area contributed by atoms with Crippen molar-refractivity contribution in [3.63, 3.8) is 0 Å². The van der Waals surface area contributed by atoms with Crippen molar-refractivity contribution in [2.75, 3.05) is 0 Å². The SMILES string of the molecule is [B]c1[c-]c(C=[C-]C)c([B])[c-]c1C=[C-]C.[B]c1[c-]c(C=[C-]C)c2cc([B])[c-]c(C=[C-]C)c2c1.[B]c1[c-]c(C=[C-]C)cc2c([B])[c-]c(C=[C-]C)cc12.[B]c1cc2[c-]c(C=[C-]C)c([B])cc2[c-]c1C=[C-]C.[Y].[Y].[Y].[Y].[Y].[Y].[Y].[Y]. The van der Waals surface area contributed by atoms with Gasteiger partial charge in [0.15, 0.2) is 0 Å². The van der Waals surface area contributed by atoms with Crippen LogP contribution in [0.4, 0.5) is 0 Å². The Bertz CT molecular complexity index is 2950. The Kier molecular flexibility index (Phi) is 53.8. The van der Waals surface area contributed by atoms with Gasteiger partial charge in [0.1, 0.15) is 0 Å². The van der Waals surface area contributed by atoms with Crippen molar-refractivity contribution in [2.24, 2.45) is 0 Å². The largest absolute Gasteiger partial charge is 0.330 e. The van der Waals surface area contributed by atoms with Crippen LogP contribution in [0.3, 0.4) is 0 Å². The molecule has 7 rings (SSSR count). The van der Waals surface area contributed by atoms with Crippen molar-refractivity contribution in [1.29, 1.82) is 0 Å². The van der Waals surface area contributed by atoms with Crippen LogP contribution < -0.4 is 43.7 Å². The monoisotopic (exact) mass is 1560 g/mol. The summed E-state index contributed by atoms with van der Waals surface area (Å²) in [5.41, 5.74) is 11.3. The van der Waals surface area contributed by atoms with Crippen molar-refractivity contribution >= 4 is 187 Å². The van der Waals surface area contributed by atoms with E-state index in [4.69, 9.17) is 62.8 Å². The second kappa shape index (κ2) is 46.8. The molecule has 16 heteroatoms. The molecule has 0 spiro atoms. The molecular formula is C60H38B8Y8-16. The number of fused-ring (bicyclic) bond motifs is 3. The summed E-state index contributed by atoms with van der Waals surface area (Å²) in [4.78, 5) is 0. The number of hydrogen-bond acceptors (Lipinski definition) is 0. The van der Waals surface area contributed by atoms with Crippen LogP contribution in [-0.4, -0.2) is 62.8 Å². The van der Waals surface area contributed by atoms with E-state index in [-0.39, 0.29) is 262 Å². The van der Waals surface area contributed by atoms with E-state index in [2.05, 4.69) is 97.1 Å². The van der Waals surface area contributed by atoms with Gasteiger partial charge in [-0.15, -0.1) is 55.4 Å². The zero-order valence-electron chi connectivity index (χ0n) is 44.3. The fourth-order valence-electron chi connectivity index (χ4n) is 6.71. The van der Waals surface area contributed by atoms with Crippen LogP contribution >= 0.6 is 0 Å². The second-order valence-corrected chi connectivity index (χ2v) is 14.7. The molecular weight excluding hydrogens is 1520 g/mol. The summed E-state index contributed by atoms with van der Waals surface area (Å²) in [6.07, 6.45) is 37.9. The van der Waals surface area contributed by atoms with E-state index in [0.717, 1.165) is 76.8 Å². The molecule has 342 valence electrons. The predicted molar refractivity (Wildman–Crippen MR) is 299 cm³/mol. The number of hydrogen-bond donors (Lipinski definition) is 0. The zero-order valence-corrected chi connectivity index (χ0v) is 67.0. The van der Waals surface area contributed by atoms with Crippen LogP contribution in [0.5, 0.6) is 0 Å². The van der Waals surface area contributed by atoms with Crippen LogP contribution in [0, 0.1) is 97.1 Å². The van der Waals surface area contributed by atoms with E-state index >= 15 is 0 Å². The van der Waals surface area contributed by atoms with Crippen molar-refractivity contribution in [3.8, 4) is 0 Å². The van der Waals surface area contributed by atoms with Crippen LogP contribution in [0.2, 0.25) is 0 Å². The Morgan fingerprint density at radius 1 is 0.276 bits per heavy atom. The molecule has 0 amide bonds. The summed E-state index contributed by atoms with van der Waals surface area (Å²) < 4.78 is 0. The summed E-state index contributed by atoms with van der Waals surface area (Å²) in [6, 6.07) is 36.2. The molecule has 7 aromatic rings. The molecule has 0 aliphatic carbocycles. The van der Waals surface area contributed by atoms with Crippen molar-refractivity contribution in [3.05, 3.63) is 178 Å². The summed E-state index contributed by atoms with van der Waals surface area (Å²) in [5, 5.41) is 5.57. The molecule has 7 aromatic carbocycles. The van der Waals surface area contributed by atoms with Crippen LogP contribution in [0.25, 0.3) is 80.9 Å². The Balaban J connectivity index is -0.000000286. The van der Waals surface area contributed by atoms with Gasteiger partial charge in [0, 0.05) is 285 Å². The van der Waals surface area contributed by atoms with Crippen molar-refractivity contribution < 1.29 is 262 Å². The summed E-state index contributed by atoms with van der Waals surface area (Å²) >= 11 is 0. The molecule has 0 aromatic heterocycles. The Labute approximate surface area is 669 Å². The maximum absolute atomic E-state index is 6.01. The van der Waals surface area contributed by atoms with Crippen LogP contribution in [-0.2, 0) is 262 Å². The Morgan fingerprint density at radius 3 is 0.842 bits per heavy atom. The minimum absolute atomic E-state index is 0. The van der Waals surface area contributed by atoms with Crippen LogP contribution in [0.15, 0.2) is 36.4 Å². The summed E-state index contributed by atoms with van der Waals surface area (Å²) in [5.74, 6) is 0. The number of allylic oxidation sites excluding steroid dienone is 8. The van der Waals surface area contributed by atoms with Gasteiger partial charge in [-0.25, -0.2) is 67.7 Å². The molecule has 0 bridgehead atoms. The van der Waals surface area contributed by atoms with Gasteiger partial charge >= 0.3 is 0 Å². The van der Waals surface area contributed by atoms with Gasteiger partial charge in [0.2, 0.25) is 0 Å². The van der Waals surface area contributed by atoms with E-state index in [9.17, 15) is 0 Å². The number of rotatable bonds is 8. The van der Waals surface area contributed by atoms with E-state index < -0.39 is 0 Å². The summed E-state index contributed by atoms with van der Waals surface area (Å²) in [6.45, 7) is 14.5. The molecule has 0 unspecified atom stereocenters. The average Bonchev–Trinajstić information content (AvgIpc) is 3.28. The smallest absolute Gasteiger partial charge is 0.0820 e. The minimum atomic E-state index is 0. The first-order valence-corrected chi connectivity index (χ1v) is 21.1. The quantitative estimate of drug-likeness (QED) is 0.137. The van der Waals surface area contributed by atoms with E-state index in [1.54, 1.807) is 38.2 Å². The predicted octanol–water partition coefficient (Wildman–Crippen LogP) is 5.63. The maximum atomic E-state index is 6.01. The van der Waals surface area contributed by atoms with E-state index in [1.807, 2.05) is 102 Å². The van der Waals surface area contributed by atoms with Gasteiger partial charge in [0.05, 0.1) is 31.4 Å². The van der Waals surface area contributed by atoms with Gasteiger partial charge in [-0.3, -0.25) is 122 Å². The van der Waals surface area contributed by atoms with Gasteiger partial charge < -0.3 is 113 Å². The molecule has 0 aliphatic heterocycles. The number of benzene rings is 7. The fraction of sp³-hybridized carbons (Fsp3) is 0.133. The molecule has 24 radical (unpaired) electrons. The first-order valence-electron chi connectivity index (χ1n) is 21.1. The first kappa shape index (κ1) is 87.4. The van der Waals surface area contributed by atoms with Gasteiger partial charge in [-0.05, 0) is 7.85 Å². The molecule has 0 N–H and O–H groups in total. The first-order chi connectivity index (χ1) is 32.6. The van der Waals surface area contributed by atoms with Crippen molar-refractivity contribution in [1.82, 2.24) is 0 Å². The van der Waals surface area contributed by atoms with Gasteiger partial charge in [-0.1, -0.05) is 0 Å². The minimum Gasteiger partial charge on any atom is -0.330 e. The summed E-state index contributed by atoms with van der Waals surface area (Å²) in [7, 11) is 47.2. The average molecular weight is 1560 g/mol. The maximum Gasteiger partial charge on any atom is 0.0820 e. The molecule has 0 aliphatic rings. The third kappa shape index (κ3) is 27.3. The van der Waals surface area contributed by atoms with Crippen molar-refractivity contribution in [2.45, 2.75) is 55.4 Å². The molecule has 0 fully saturated rings. The third-order valence-corrected chi connectivity index (χ3v) is 9.56. The fourth-order valence-corrected chi connectivity index (χ4v) is 6.71. The zero-order chi connectivity index (χ0) is 49.9. The van der Waals surface area contributed by atoms with E-state index in [1.165, 1.54) is 0 Å². The normalized spacial score (nSPS) is 10.6. The molecule has 76 heavy (non-hydrogen) atoms. The second-order valence-electron chi connectivity index (χ2n) is 14.7. The van der Waals surface area contributed by atoms with E-state index in [0.29, 0.717) is 43.7 Å². The topological polar surface area (TPSA) is 0 Å². The van der Waals surface area contributed by atoms with Crippen LogP contribution in [0.1, 0.15) is 99.9 Å². The van der Waals surface area contributed by atoms with Gasteiger partial charge in [0.25, 0.3) is 0 Å². The Morgan fingerprint density at radius 2 is 0.553 bits per heavy atom. The third-order valence-electron chi connectivity index (χ3n) is 9.56. The van der Waals surface area contributed by atoms with Gasteiger partial charge in [-0.2, -0.15) is 0 Å². The molecule has 0 saturated heterocycles.